The predicted octanol–water partition coefficient (Wildman–Crippen LogP) is 2.47. The van der Waals surface area contributed by atoms with E-state index in [9.17, 15) is 22.8 Å². The third kappa shape index (κ3) is 4.90. The minimum absolute atomic E-state index is 0.0661. The zero-order valence-corrected chi connectivity index (χ0v) is 10.8. The van der Waals surface area contributed by atoms with Crippen molar-refractivity contribution >= 4 is 23.0 Å². The third-order valence-electron chi connectivity index (χ3n) is 2.03. The Morgan fingerprint density at radius 1 is 1.53 bits per heavy atom. The van der Waals surface area contributed by atoms with Crippen LogP contribution in [0.3, 0.4) is 0 Å². The van der Waals surface area contributed by atoms with Gasteiger partial charge in [0.15, 0.2) is 10.8 Å². The summed E-state index contributed by atoms with van der Waals surface area (Å²) in [5.74, 6) is 0.450. The molecule has 0 bridgehead atoms. The predicted molar refractivity (Wildman–Crippen MR) is 66.6 cm³/mol. The number of H-pyrrole nitrogens is 1. The number of carbonyl (C=O) groups is 1. The van der Waals surface area contributed by atoms with Crippen LogP contribution < -0.4 is 5.56 Å². The highest BCUT2D eigenvalue weighted by molar-refractivity contribution is 8.13. The molecule has 0 unspecified atom stereocenters. The topological polar surface area (TPSA) is 62.8 Å². The maximum atomic E-state index is 12.6. The lowest BCUT2D eigenvalue weighted by Crippen LogP contribution is -2.20. The van der Waals surface area contributed by atoms with Crippen molar-refractivity contribution in [3.63, 3.8) is 0 Å². The van der Waals surface area contributed by atoms with Gasteiger partial charge < -0.3 is 4.98 Å². The fraction of sp³-hybridized carbons (Fsp3) is 0.364. The van der Waals surface area contributed by atoms with Crippen LogP contribution in [0.5, 0.6) is 0 Å². The largest absolute Gasteiger partial charge is 0.434 e. The molecule has 4 nitrogen and oxygen atoms in total. The first-order valence-corrected chi connectivity index (χ1v) is 6.25. The fourth-order valence-electron chi connectivity index (χ4n) is 1.26. The summed E-state index contributed by atoms with van der Waals surface area (Å²) in [6, 6.07) is 0. The van der Waals surface area contributed by atoms with Crippen LogP contribution in [0.4, 0.5) is 13.2 Å². The standard InChI is InChI=1S/C11H11F3N2O2S/c1-7(17)19-5-3-2-4-8-9(11(12,13)14)15-6-16-10(8)18/h2,4,6H,3,5H2,1H3,(H,15,16,18). The molecular weight excluding hydrogens is 281 g/mol. The first-order chi connectivity index (χ1) is 8.82. The molecule has 0 aliphatic heterocycles. The summed E-state index contributed by atoms with van der Waals surface area (Å²) in [5.41, 5.74) is -2.59. The van der Waals surface area contributed by atoms with Gasteiger partial charge in [-0.05, 0) is 6.42 Å². The molecule has 19 heavy (non-hydrogen) atoms. The average Bonchev–Trinajstić information content (AvgIpc) is 2.28. The molecule has 1 heterocycles. The quantitative estimate of drug-likeness (QED) is 0.866. The van der Waals surface area contributed by atoms with Crippen LogP contribution in [0.1, 0.15) is 24.6 Å². The minimum atomic E-state index is -4.68. The molecule has 1 rings (SSSR count). The Labute approximate surface area is 111 Å². The van der Waals surface area contributed by atoms with E-state index >= 15 is 0 Å². The van der Waals surface area contributed by atoms with Crippen molar-refractivity contribution in [1.29, 1.82) is 0 Å². The summed E-state index contributed by atoms with van der Waals surface area (Å²) in [6.07, 6.45) is -1.08. The maximum Gasteiger partial charge on any atom is 0.434 e. The van der Waals surface area contributed by atoms with E-state index in [1.165, 1.54) is 13.0 Å². The average molecular weight is 292 g/mol. The van der Waals surface area contributed by atoms with Gasteiger partial charge in [-0.1, -0.05) is 23.9 Å². The van der Waals surface area contributed by atoms with Crippen LogP contribution in [0.25, 0.3) is 6.08 Å². The summed E-state index contributed by atoms with van der Waals surface area (Å²) in [5, 5.41) is -0.0661. The minimum Gasteiger partial charge on any atom is -0.313 e. The first kappa shape index (κ1) is 15.5. The second kappa shape index (κ2) is 6.55. The van der Waals surface area contributed by atoms with Crippen LogP contribution in [0, 0.1) is 0 Å². The zero-order valence-electron chi connectivity index (χ0n) is 9.95. The second-order valence-electron chi connectivity index (χ2n) is 3.52. The number of hydrogen-bond acceptors (Lipinski definition) is 4. The Morgan fingerprint density at radius 2 is 2.21 bits per heavy atom. The van der Waals surface area contributed by atoms with E-state index in [1.54, 1.807) is 0 Å². The van der Waals surface area contributed by atoms with Crippen molar-refractivity contribution < 1.29 is 18.0 Å². The molecule has 104 valence electrons. The monoisotopic (exact) mass is 292 g/mol. The van der Waals surface area contributed by atoms with Crippen molar-refractivity contribution in [3.8, 4) is 0 Å². The normalized spacial score (nSPS) is 12.0. The van der Waals surface area contributed by atoms with Crippen LogP contribution in [-0.4, -0.2) is 20.8 Å². The molecule has 0 amide bonds. The molecule has 0 atom stereocenters. The lowest BCUT2D eigenvalue weighted by molar-refractivity contribution is -0.141. The Balaban J connectivity index is 2.86. The van der Waals surface area contributed by atoms with Crippen molar-refractivity contribution in [2.45, 2.75) is 19.5 Å². The zero-order chi connectivity index (χ0) is 14.5. The molecule has 1 aromatic rings. The number of hydrogen-bond donors (Lipinski definition) is 1. The van der Waals surface area contributed by atoms with Crippen LogP contribution >= 0.6 is 11.8 Å². The summed E-state index contributed by atoms with van der Waals surface area (Å²) >= 11 is 1.07. The molecule has 0 radical (unpaired) electrons. The number of alkyl halides is 3. The van der Waals surface area contributed by atoms with E-state index in [1.807, 2.05) is 0 Å². The lowest BCUT2D eigenvalue weighted by atomic mass is 10.2. The Hall–Kier alpha value is -1.57. The Morgan fingerprint density at radius 3 is 2.79 bits per heavy atom. The highest BCUT2D eigenvalue weighted by Crippen LogP contribution is 2.29. The molecule has 0 aromatic carbocycles. The number of aromatic amines is 1. The van der Waals surface area contributed by atoms with Gasteiger partial charge in [0, 0.05) is 12.7 Å². The first-order valence-electron chi connectivity index (χ1n) is 5.27. The SMILES string of the molecule is CC(=O)SCCC=Cc1c(C(F)(F)F)nc[nH]c1=O. The number of nitrogens with zero attached hydrogens (tertiary/aromatic N) is 1. The molecule has 0 aliphatic rings. The van der Waals surface area contributed by atoms with Gasteiger partial charge in [-0.25, -0.2) is 4.98 Å². The van der Waals surface area contributed by atoms with E-state index in [4.69, 9.17) is 0 Å². The fourth-order valence-corrected chi connectivity index (χ4v) is 1.80. The summed E-state index contributed by atoms with van der Waals surface area (Å²) in [4.78, 5) is 27.2. The Bertz CT molecular complexity index is 537. The van der Waals surface area contributed by atoms with E-state index in [-0.39, 0.29) is 5.12 Å². The molecule has 0 fully saturated rings. The van der Waals surface area contributed by atoms with Gasteiger partial charge in [0.1, 0.15) is 0 Å². The number of halogens is 3. The van der Waals surface area contributed by atoms with E-state index in [2.05, 4.69) is 9.97 Å². The van der Waals surface area contributed by atoms with Crippen LogP contribution in [0.15, 0.2) is 17.2 Å². The molecule has 0 saturated carbocycles. The van der Waals surface area contributed by atoms with Gasteiger partial charge in [0.25, 0.3) is 5.56 Å². The van der Waals surface area contributed by atoms with Crippen LogP contribution in [0.2, 0.25) is 0 Å². The highest BCUT2D eigenvalue weighted by Gasteiger charge is 2.35. The number of thioether (sulfide) groups is 1. The van der Waals surface area contributed by atoms with Gasteiger partial charge in [-0.2, -0.15) is 13.2 Å². The van der Waals surface area contributed by atoms with Gasteiger partial charge in [-0.3, -0.25) is 9.59 Å². The molecular formula is C11H11F3N2O2S. The van der Waals surface area contributed by atoms with E-state index < -0.39 is 23.0 Å². The second-order valence-corrected chi connectivity index (χ2v) is 4.79. The van der Waals surface area contributed by atoms with Gasteiger partial charge in [-0.15, -0.1) is 0 Å². The number of aromatic nitrogens is 2. The van der Waals surface area contributed by atoms with Gasteiger partial charge in [0.05, 0.1) is 11.9 Å². The summed E-state index contributed by atoms with van der Waals surface area (Å²) in [7, 11) is 0. The number of rotatable bonds is 4. The number of allylic oxidation sites excluding steroid dienone is 1. The molecule has 8 heteroatoms. The Kier molecular flexibility index (Phi) is 5.34. The van der Waals surface area contributed by atoms with Crippen molar-refractivity contribution in [1.82, 2.24) is 9.97 Å². The molecule has 0 saturated heterocycles. The molecule has 1 N–H and O–H groups in total. The van der Waals surface area contributed by atoms with Gasteiger partial charge in [0.2, 0.25) is 0 Å². The molecule has 0 aliphatic carbocycles. The van der Waals surface area contributed by atoms with E-state index in [0.29, 0.717) is 18.5 Å². The summed E-state index contributed by atoms with van der Waals surface area (Å²) in [6.45, 7) is 1.40. The van der Waals surface area contributed by atoms with E-state index in [0.717, 1.165) is 17.8 Å². The third-order valence-corrected chi connectivity index (χ3v) is 2.88. The van der Waals surface area contributed by atoms with Gasteiger partial charge >= 0.3 is 6.18 Å². The lowest BCUT2D eigenvalue weighted by Gasteiger charge is -2.07. The van der Waals surface area contributed by atoms with Crippen molar-refractivity contribution in [3.05, 3.63) is 34.0 Å². The molecule has 1 aromatic heterocycles. The highest BCUT2D eigenvalue weighted by atomic mass is 32.2. The number of carbonyl (C=O) groups excluding carboxylic acids is 1. The smallest absolute Gasteiger partial charge is 0.313 e. The van der Waals surface area contributed by atoms with Crippen molar-refractivity contribution in [2.24, 2.45) is 0 Å². The summed E-state index contributed by atoms with van der Waals surface area (Å²) < 4.78 is 37.8. The maximum absolute atomic E-state index is 12.6. The van der Waals surface area contributed by atoms with Crippen molar-refractivity contribution in [2.75, 3.05) is 5.75 Å². The van der Waals surface area contributed by atoms with Crippen LogP contribution in [-0.2, 0) is 11.0 Å². The molecule has 0 spiro atoms. The number of nitrogens with one attached hydrogen (secondary N) is 1.